The molecule has 158 valence electrons. The highest BCUT2D eigenvalue weighted by molar-refractivity contribution is 5.81. The molecule has 1 saturated heterocycles. The van der Waals surface area contributed by atoms with Gasteiger partial charge in [0.15, 0.2) is 0 Å². The van der Waals surface area contributed by atoms with E-state index in [9.17, 15) is 9.59 Å². The number of fused-ring (bicyclic) bond motifs is 1. The summed E-state index contributed by atoms with van der Waals surface area (Å²) in [6.45, 7) is 3.02. The Morgan fingerprint density at radius 3 is 2.73 bits per heavy atom. The van der Waals surface area contributed by atoms with Gasteiger partial charge in [-0.2, -0.15) is 0 Å². The van der Waals surface area contributed by atoms with Crippen LogP contribution in [0, 0.1) is 5.92 Å². The number of aromatic amines is 1. The van der Waals surface area contributed by atoms with Crippen LogP contribution in [0.25, 0.3) is 0 Å². The fourth-order valence-corrected chi connectivity index (χ4v) is 4.66. The number of hydrogen-bond acceptors (Lipinski definition) is 5. The molecule has 1 aliphatic carbocycles. The molecule has 1 aromatic carbocycles. The van der Waals surface area contributed by atoms with Crippen LogP contribution in [0.15, 0.2) is 29.1 Å². The van der Waals surface area contributed by atoms with Crippen LogP contribution in [0.4, 0.5) is 0 Å². The zero-order valence-corrected chi connectivity index (χ0v) is 17.4. The molecule has 0 radical (unpaired) electrons. The summed E-state index contributed by atoms with van der Waals surface area (Å²) in [4.78, 5) is 37.6. The third-order valence-corrected chi connectivity index (χ3v) is 6.51. The Morgan fingerprint density at radius 1 is 1.20 bits per heavy atom. The highest BCUT2D eigenvalue weighted by Gasteiger charge is 2.40. The lowest BCUT2D eigenvalue weighted by Crippen LogP contribution is -2.38. The Labute approximate surface area is 176 Å². The molecule has 7 heteroatoms. The molecule has 0 bridgehead atoms. The van der Waals surface area contributed by atoms with E-state index in [1.54, 1.807) is 7.11 Å². The minimum absolute atomic E-state index is 0.0554. The lowest BCUT2D eigenvalue weighted by Gasteiger charge is -2.29. The number of methoxy groups -OCH3 is 1. The maximum atomic E-state index is 12.9. The summed E-state index contributed by atoms with van der Waals surface area (Å²) in [5.41, 5.74) is 2.79. The molecule has 30 heavy (non-hydrogen) atoms. The summed E-state index contributed by atoms with van der Waals surface area (Å²) in [7, 11) is 1.66. The van der Waals surface area contributed by atoms with Gasteiger partial charge in [0.1, 0.15) is 11.6 Å². The fraction of sp³-hybridized carbons (Fsp3) is 0.522. The number of rotatable bonds is 5. The van der Waals surface area contributed by atoms with Crippen LogP contribution >= 0.6 is 0 Å². The topological polar surface area (TPSA) is 78.5 Å². The first-order valence-electron chi connectivity index (χ1n) is 10.9. The van der Waals surface area contributed by atoms with E-state index in [4.69, 9.17) is 9.72 Å². The monoisotopic (exact) mass is 408 g/mol. The Kier molecular flexibility index (Phi) is 5.06. The summed E-state index contributed by atoms with van der Waals surface area (Å²) in [5.74, 6) is 1.95. The van der Waals surface area contributed by atoms with E-state index in [1.165, 1.54) is 5.56 Å². The molecule has 1 atom stereocenters. The zero-order valence-electron chi connectivity index (χ0n) is 17.4. The molecule has 2 fully saturated rings. The van der Waals surface area contributed by atoms with E-state index < -0.39 is 0 Å². The SMILES string of the molecule is COc1ccc(CN2CCc3nc([C@H]4CCCN4C(=O)C4CC4)[nH]c(=O)c3C2)cc1. The van der Waals surface area contributed by atoms with Gasteiger partial charge in [-0.1, -0.05) is 12.1 Å². The Balaban J connectivity index is 1.32. The van der Waals surface area contributed by atoms with Crippen molar-refractivity contribution >= 4 is 5.91 Å². The zero-order chi connectivity index (χ0) is 20.7. The number of carbonyl (C=O) groups is 1. The van der Waals surface area contributed by atoms with Crippen molar-refractivity contribution in [2.45, 2.75) is 51.2 Å². The third-order valence-electron chi connectivity index (χ3n) is 6.51. The molecule has 2 aliphatic heterocycles. The molecule has 1 N–H and O–H groups in total. The molecule has 3 heterocycles. The van der Waals surface area contributed by atoms with Gasteiger partial charge in [-0.25, -0.2) is 4.98 Å². The Bertz CT molecular complexity index is 996. The van der Waals surface area contributed by atoms with E-state index >= 15 is 0 Å². The van der Waals surface area contributed by atoms with Crippen molar-refractivity contribution in [1.82, 2.24) is 19.8 Å². The van der Waals surface area contributed by atoms with Gasteiger partial charge in [-0.3, -0.25) is 14.5 Å². The molecule has 7 nitrogen and oxygen atoms in total. The summed E-state index contributed by atoms with van der Waals surface area (Å²) in [6, 6.07) is 7.97. The van der Waals surface area contributed by atoms with Gasteiger partial charge in [0.25, 0.3) is 5.56 Å². The van der Waals surface area contributed by atoms with Crippen LogP contribution in [0.5, 0.6) is 5.75 Å². The number of hydrogen-bond donors (Lipinski definition) is 1. The van der Waals surface area contributed by atoms with Gasteiger partial charge < -0.3 is 14.6 Å². The lowest BCUT2D eigenvalue weighted by molar-refractivity contribution is -0.133. The predicted molar refractivity (Wildman–Crippen MR) is 112 cm³/mol. The lowest BCUT2D eigenvalue weighted by atomic mass is 10.0. The van der Waals surface area contributed by atoms with Gasteiger partial charge in [-0.15, -0.1) is 0 Å². The first kappa shape index (κ1) is 19.3. The minimum Gasteiger partial charge on any atom is -0.497 e. The van der Waals surface area contributed by atoms with Crippen molar-refractivity contribution in [3.8, 4) is 5.75 Å². The number of nitrogens with zero attached hydrogens (tertiary/aromatic N) is 3. The molecule has 2 aromatic rings. The quantitative estimate of drug-likeness (QED) is 0.822. The van der Waals surface area contributed by atoms with Crippen molar-refractivity contribution in [2.75, 3.05) is 20.2 Å². The smallest absolute Gasteiger partial charge is 0.255 e. The van der Waals surface area contributed by atoms with Crippen molar-refractivity contribution in [2.24, 2.45) is 5.92 Å². The van der Waals surface area contributed by atoms with Gasteiger partial charge in [0, 0.05) is 38.5 Å². The number of likely N-dealkylation sites (tertiary alicyclic amines) is 1. The van der Waals surface area contributed by atoms with Gasteiger partial charge in [0.05, 0.1) is 24.4 Å². The van der Waals surface area contributed by atoms with E-state index in [0.717, 1.165) is 68.7 Å². The van der Waals surface area contributed by atoms with E-state index in [-0.39, 0.29) is 23.4 Å². The molecule has 3 aliphatic rings. The number of amides is 1. The highest BCUT2D eigenvalue weighted by atomic mass is 16.5. The molecule has 1 saturated carbocycles. The van der Waals surface area contributed by atoms with Crippen molar-refractivity contribution < 1.29 is 9.53 Å². The molecular weight excluding hydrogens is 380 g/mol. The molecular formula is C23H28N4O3. The van der Waals surface area contributed by atoms with Crippen molar-refractivity contribution in [3.63, 3.8) is 0 Å². The van der Waals surface area contributed by atoms with Crippen LogP contribution in [-0.2, 0) is 24.3 Å². The molecule has 0 spiro atoms. The second-order valence-corrected chi connectivity index (χ2v) is 8.65. The number of H-pyrrole nitrogens is 1. The molecule has 1 amide bonds. The Hall–Kier alpha value is -2.67. The van der Waals surface area contributed by atoms with Crippen LogP contribution in [0.1, 0.15) is 54.4 Å². The second-order valence-electron chi connectivity index (χ2n) is 8.65. The summed E-state index contributed by atoms with van der Waals surface area (Å²) < 4.78 is 5.22. The number of carbonyl (C=O) groups excluding carboxylic acids is 1. The van der Waals surface area contributed by atoms with Gasteiger partial charge >= 0.3 is 0 Å². The largest absolute Gasteiger partial charge is 0.497 e. The van der Waals surface area contributed by atoms with Crippen molar-refractivity contribution in [1.29, 1.82) is 0 Å². The van der Waals surface area contributed by atoms with Gasteiger partial charge in [0.2, 0.25) is 5.91 Å². The van der Waals surface area contributed by atoms with Crippen molar-refractivity contribution in [3.05, 3.63) is 57.3 Å². The first-order valence-corrected chi connectivity index (χ1v) is 10.9. The second kappa shape index (κ2) is 7.87. The van der Waals surface area contributed by atoms with Crippen LogP contribution < -0.4 is 10.3 Å². The summed E-state index contributed by atoms with van der Waals surface area (Å²) >= 11 is 0. The molecule has 0 unspecified atom stereocenters. The molecule has 1 aromatic heterocycles. The maximum Gasteiger partial charge on any atom is 0.255 e. The van der Waals surface area contributed by atoms with Crippen LogP contribution in [-0.4, -0.2) is 45.9 Å². The van der Waals surface area contributed by atoms with Gasteiger partial charge in [-0.05, 0) is 43.4 Å². The van der Waals surface area contributed by atoms with Crippen LogP contribution in [0.2, 0.25) is 0 Å². The summed E-state index contributed by atoms with van der Waals surface area (Å²) in [6.07, 6.45) is 4.61. The van der Waals surface area contributed by atoms with E-state index in [1.807, 2.05) is 17.0 Å². The predicted octanol–water partition coefficient (Wildman–Crippen LogP) is 2.41. The average Bonchev–Trinajstić information content (AvgIpc) is 3.50. The number of nitrogens with one attached hydrogen (secondary N) is 1. The first-order chi connectivity index (χ1) is 14.6. The van der Waals surface area contributed by atoms with E-state index in [0.29, 0.717) is 12.4 Å². The fourth-order valence-electron chi connectivity index (χ4n) is 4.66. The number of ether oxygens (including phenoxy) is 1. The minimum atomic E-state index is -0.0755. The van der Waals surface area contributed by atoms with Crippen LogP contribution in [0.3, 0.4) is 0 Å². The standard InChI is InChI=1S/C23H28N4O3/c1-30-17-8-4-15(5-9-17)13-26-12-10-19-18(14-26)22(28)25-21(24-19)20-3-2-11-27(20)23(29)16-6-7-16/h4-5,8-9,16,20H,2-3,6-7,10-14H2,1H3,(H,24,25,28)/t20-/m1/s1. The normalized spacial score (nSPS) is 21.5. The Morgan fingerprint density at radius 2 is 2.00 bits per heavy atom. The highest BCUT2D eigenvalue weighted by Crippen LogP contribution is 2.37. The molecule has 5 rings (SSSR count). The maximum absolute atomic E-state index is 12.9. The number of aromatic nitrogens is 2. The third kappa shape index (κ3) is 3.74. The number of benzene rings is 1. The summed E-state index contributed by atoms with van der Waals surface area (Å²) in [5, 5.41) is 0. The average molecular weight is 409 g/mol. The van der Waals surface area contributed by atoms with E-state index in [2.05, 4.69) is 22.0 Å².